The van der Waals surface area contributed by atoms with Crippen LogP contribution in [0.3, 0.4) is 0 Å². The molecule has 2 rings (SSSR count). The lowest BCUT2D eigenvalue weighted by molar-refractivity contribution is 0.432. The Morgan fingerprint density at radius 2 is 1.93 bits per heavy atom. The Kier molecular flexibility index (Phi) is 3.32. The van der Waals surface area contributed by atoms with Crippen LogP contribution in [0.4, 0.5) is 5.69 Å². The van der Waals surface area contributed by atoms with E-state index in [4.69, 9.17) is 0 Å². The average Bonchev–Trinajstić information content (AvgIpc) is 2.17. The van der Waals surface area contributed by atoms with E-state index in [2.05, 4.69) is 64.3 Å². The second kappa shape index (κ2) is 4.54. The van der Waals surface area contributed by atoms with Gasteiger partial charge in [0.1, 0.15) is 0 Å². The molecule has 1 aromatic rings. The molecule has 0 amide bonds. The molecule has 0 aliphatic carbocycles. The molecular formula is C12H17BrN2. The van der Waals surface area contributed by atoms with E-state index in [1.165, 1.54) is 5.69 Å². The molecule has 0 unspecified atom stereocenters. The molecule has 1 aromatic carbocycles. The van der Waals surface area contributed by atoms with Gasteiger partial charge in [-0.15, -0.1) is 0 Å². The Labute approximate surface area is 99.8 Å². The molecule has 3 heteroatoms. The zero-order chi connectivity index (χ0) is 10.8. The first-order valence-corrected chi connectivity index (χ1v) is 6.22. The number of nitrogens with one attached hydrogen (secondary N) is 1. The van der Waals surface area contributed by atoms with Crippen molar-refractivity contribution in [1.82, 2.24) is 5.32 Å². The number of hydrogen-bond donors (Lipinski definition) is 1. The van der Waals surface area contributed by atoms with Crippen LogP contribution in [0.5, 0.6) is 0 Å². The normalized spacial score (nSPS) is 26.7. The van der Waals surface area contributed by atoms with Crippen molar-refractivity contribution < 1.29 is 0 Å². The van der Waals surface area contributed by atoms with Crippen molar-refractivity contribution in [2.75, 3.05) is 18.0 Å². The van der Waals surface area contributed by atoms with Gasteiger partial charge in [0.25, 0.3) is 0 Å². The smallest absolute Gasteiger partial charge is 0.0389 e. The molecule has 0 bridgehead atoms. The van der Waals surface area contributed by atoms with Crippen LogP contribution >= 0.6 is 15.9 Å². The van der Waals surface area contributed by atoms with Gasteiger partial charge in [0.15, 0.2) is 0 Å². The van der Waals surface area contributed by atoms with Gasteiger partial charge in [-0.2, -0.15) is 0 Å². The second-order valence-electron chi connectivity index (χ2n) is 4.24. The summed E-state index contributed by atoms with van der Waals surface area (Å²) in [7, 11) is 0. The number of hydrogen-bond acceptors (Lipinski definition) is 2. The van der Waals surface area contributed by atoms with Crippen LogP contribution in [0, 0.1) is 0 Å². The maximum absolute atomic E-state index is 3.53. The van der Waals surface area contributed by atoms with Gasteiger partial charge in [-0.3, -0.25) is 0 Å². The molecule has 0 radical (unpaired) electrons. The number of piperazine rings is 1. The molecular weight excluding hydrogens is 252 g/mol. The molecule has 1 aliphatic heterocycles. The molecule has 1 aliphatic rings. The van der Waals surface area contributed by atoms with E-state index in [0.717, 1.165) is 17.6 Å². The van der Waals surface area contributed by atoms with Gasteiger partial charge < -0.3 is 10.2 Å². The topological polar surface area (TPSA) is 15.3 Å². The summed E-state index contributed by atoms with van der Waals surface area (Å²) in [5, 5.41) is 3.45. The van der Waals surface area contributed by atoms with Crippen LogP contribution in [0.15, 0.2) is 28.7 Å². The summed E-state index contributed by atoms with van der Waals surface area (Å²) in [6.07, 6.45) is 0. The highest BCUT2D eigenvalue weighted by atomic mass is 79.9. The van der Waals surface area contributed by atoms with Gasteiger partial charge in [0.2, 0.25) is 0 Å². The van der Waals surface area contributed by atoms with Crippen LogP contribution in [-0.2, 0) is 0 Å². The molecule has 2 nitrogen and oxygen atoms in total. The van der Waals surface area contributed by atoms with Crippen LogP contribution in [0.1, 0.15) is 13.8 Å². The quantitative estimate of drug-likeness (QED) is 0.843. The summed E-state index contributed by atoms with van der Waals surface area (Å²) in [5.41, 5.74) is 1.31. The van der Waals surface area contributed by atoms with Crippen molar-refractivity contribution in [1.29, 1.82) is 0 Å². The van der Waals surface area contributed by atoms with Gasteiger partial charge in [-0.05, 0) is 32.0 Å². The lowest BCUT2D eigenvalue weighted by Crippen LogP contribution is -2.55. The maximum Gasteiger partial charge on any atom is 0.0389 e. The largest absolute Gasteiger partial charge is 0.364 e. The maximum atomic E-state index is 3.53. The molecule has 1 heterocycles. The summed E-state index contributed by atoms with van der Waals surface area (Å²) < 4.78 is 1.15. The zero-order valence-corrected chi connectivity index (χ0v) is 10.8. The Hall–Kier alpha value is -0.540. The standard InChI is InChI=1S/C12H17BrN2/c1-9-7-14-8-10(2)15(9)12-5-3-4-11(13)6-12/h3-6,9-10,14H,7-8H2,1-2H3/t9-,10-/m0/s1. The first kappa shape index (κ1) is 11.0. The van der Waals surface area contributed by atoms with E-state index in [0.29, 0.717) is 12.1 Å². The molecule has 0 saturated carbocycles. The predicted octanol–water partition coefficient (Wildman–Crippen LogP) is 2.64. The molecule has 2 atom stereocenters. The predicted molar refractivity (Wildman–Crippen MR) is 68.4 cm³/mol. The van der Waals surface area contributed by atoms with Crippen LogP contribution < -0.4 is 10.2 Å². The third-order valence-corrected chi connectivity index (χ3v) is 3.43. The van der Waals surface area contributed by atoms with Crippen LogP contribution in [0.2, 0.25) is 0 Å². The van der Waals surface area contributed by atoms with Gasteiger partial charge in [-0.1, -0.05) is 22.0 Å². The second-order valence-corrected chi connectivity index (χ2v) is 5.16. The summed E-state index contributed by atoms with van der Waals surface area (Å²) in [6, 6.07) is 9.66. The summed E-state index contributed by atoms with van der Waals surface area (Å²) in [6.45, 7) is 6.67. The fraction of sp³-hybridized carbons (Fsp3) is 0.500. The van der Waals surface area contributed by atoms with Gasteiger partial charge >= 0.3 is 0 Å². The molecule has 1 saturated heterocycles. The Bertz CT molecular complexity index is 330. The van der Waals surface area contributed by atoms with Gasteiger partial charge in [-0.25, -0.2) is 0 Å². The third kappa shape index (κ3) is 2.34. The van der Waals surface area contributed by atoms with Crippen molar-refractivity contribution >= 4 is 21.6 Å². The van der Waals surface area contributed by atoms with Crippen LogP contribution in [-0.4, -0.2) is 25.2 Å². The van der Waals surface area contributed by atoms with Crippen LogP contribution in [0.25, 0.3) is 0 Å². The van der Waals surface area contributed by atoms with Crippen molar-refractivity contribution in [3.8, 4) is 0 Å². The van der Waals surface area contributed by atoms with Crippen molar-refractivity contribution in [3.63, 3.8) is 0 Å². The molecule has 1 N–H and O–H groups in total. The van der Waals surface area contributed by atoms with E-state index in [1.807, 2.05) is 0 Å². The Morgan fingerprint density at radius 3 is 2.53 bits per heavy atom. The molecule has 0 spiro atoms. The SMILES string of the molecule is C[C@H]1CNC[C@H](C)N1c1cccc(Br)c1. The first-order valence-electron chi connectivity index (χ1n) is 5.43. The lowest BCUT2D eigenvalue weighted by Gasteiger charge is -2.41. The Morgan fingerprint density at radius 1 is 1.27 bits per heavy atom. The van der Waals surface area contributed by atoms with E-state index in [-0.39, 0.29) is 0 Å². The van der Waals surface area contributed by atoms with Crippen molar-refractivity contribution in [2.24, 2.45) is 0 Å². The summed E-state index contributed by atoms with van der Waals surface area (Å²) in [5.74, 6) is 0. The number of nitrogens with zero attached hydrogens (tertiary/aromatic N) is 1. The minimum absolute atomic E-state index is 0.558. The first-order chi connectivity index (χ1) is 7.18. The van der Waals surface area contributed by atoms with Gasteiger partial charge in [0.05, 0.1) is 0 Å². The highest BCUT2D eigenvalue weighted by Crippen LogP contribution is 2.24. The summed E-state index contributed by atoms with van der Waals surface area (Å²) >= 11 is 3.53. The fourth-order valence-corrected chi connectivity index (χ4v) is 2.67. The Balaban J connectivity index is 2.27. The monoisotopic (exact) mass is 268 g/mol. The van der Waals surface area contributed by atoms with Crippen molar-refractivity contribution in [2.45, 2.75) is 25.9 Å². The fourth-order valence-electron chi connectivity index (χ4n) is 2.28. The minimum Gasteiger partial charge on any atom is -0.364 e. The molecule has 0 aromatic heterocycles. The van der Waals surface area contributed by atoms with E-state index >= 15 is 0 Å². The van der Waals surface area contributed by atoms with E-state index in [9.17, 15) is 0 Å². The number of benzene rings is 1. The zero-order valence-electron chi connectivity index (χ0n) is 9.20. The number of anilines is 1. The highest BCUT2D eigenvalue weighted by molar-refractivity contribution is 9.10. The number of rotatable bonds is 1. The third-order valence-electron chi connectivity index (χ3n) is 2.94. The minimum atomic E-state index is 0.558. The van der Waals surface area contributed by atoms with Crippen molar-refractivity contribution in [3.05, 3.63) is 28.7 Å². The van der Waals surface area contributed by atoms with E-state index in [1.54, 1.807) is 0 Å². The molecule has 15 heavy (non-hydrogen) atoms. The molecule has 82 valence electrons. The average molecular weight is 269 g/mol. The highest BCUT2D eigenvalue weighted by Gasteiger charge is 2.24. The summed E-state index contributed by atoms with van der Waals surface area (Å²) in [4.78, 5) is 2.49. The number of halogens is 1. The molecule has 1 fully saturated rings. The van der Waals surface area contributed by atoms with E-state index < -0.39 is 0 Å². The van der Waals surface area contributed by atoms with Gasteiger partial charge in [0, 0.05) is 35.3 Å². The lowest BCUT2D eigenvalue weighted by atomic mass is 10.1.